The molecule has 2 rings (SSSR count). The van der Waals surface area contributed by atoms with Gasteiger partial charge in [-0.05, 0) is 31.9 Å². The Labute approximate surface area is 143 Å². The summed E-state index contributed by atoms with van der Waals surface area (Å²) in [6.45, 7) is 10.0. The van der Waals surface area contributed by atoms with Crippen LogP contribution in [0.15, 0.2) is 34.2 Å². The van der Waals surface area contributed by atoms with Gasteiger partial charge in [-0.2, -0.15) is 0 Å². The van der Waals surface area contributed by atoms with Gasteiger partial charge >= 0.3 is 0 Å². The van der Waals surface area contributed by atoms with E-state index >= 15 is 0 Å². The summed E-state index contributed by atoms with van der Waals surface area (Å²) in [7, 11) is 0. The quantitative estimate of drug-likeness (QED) is 0.394. The standard InChI is InChI=1S/C17H27N5O2/c1-3-9-22-10-7-13(8-11-22)21-17(19-4-2)20-12-14-5-6-15(24-14)16(18)23/h3,5-6,13H,1,4,7-12H2,2H3,(H2,18,23)(H2,19,20,21). The lowest BCUT2D eigenvalue weighted by molar-refractivity contribution is 0.0972. The maximum Gasteiger partial charge on any atom is 0.284 e. The lowest BCUT2D eigenvalue weighted by atomic mass is 10.1. The number of carbonyl (C=O) groups excluding carboxylic acids is 1. The zero-order valence-corrected chi connectivity index (χ0v) is 14.3. The van der Waals surface area contributed by atoms with Gasteiger partial charge in [0.2, 0.25) is 0 Å². The second-order valence-electron chi connectivity index (χ2n) is 5.83. The molecule has 1 aromatic rings. The third-order valence-corrected chi connectivity index (χ3v) is 3.96. The van der Waals surface area contributed by atoms with Crippen molar-refractivity contribution < 1.29 is 9.21 Å². The molecule has 0 unspecified atom stereocenters. The van der Waals surface area contributed by atoms with Crippen molar-refractivity contribution in [3.05, 3.63) is 36.3 Å². The minimum Gasteiger partial charge on any atom is -0.454 e. The van der Waals surface area contributed by atoms with Gasteiger partial charge in [0.05, 0.1) is 0 Å². The van der Waals surface area contributed by atoms with Gasteiger partial charge in [-0.1, -0.05) is 6.08 Å². The molecule has 1 fully saturated rings. The van der Waals surface area contributed by atoms with Crippen LogP contribution in [0, 0.1) is 0 Å². The molecule has 1 saturated heterocycles. The first-order chi connectivity index (χ1) is 11.6. The van der Waals surface area contributed by atoms with Crippen molar-refractivity contribution in [3.63, 3.8) is 0 Å². The zero-order chi connectivity index (χ0) is 17.4. The van der Waals surface area contributed by atoms with E-state index in [1.165, 1.54) is 0 Å². The van der Waals surface area contributed by atoms with Crippen LogP contribution in [-0.2, 0) is 6.54 Å². The number of likely N-dealkylation sites (tertiary alicyclic amines) is 1. The monoisotopic (exact) mass is 333 g/mol. The number of aliphatic imine (C=N–C) groups is 1. The molecule has 0 bridgehead atoms. The second-order valence-corrected chi connectivity index (χ2v) is 5.83. The number of hydrogen-bond donors (Lipinski definition) is 3. The summed E-state index contributed by atoms with van der Waals surface area (Å²) < 4.78 is 5.35. The van der Waals surface area contributed by atoms with E-state index in [1.807, 2.05) is 13.0 Å². The molecule has 0 radical (unpaired) electrons. The van der Waals surface area contributed by atoms with Crippen LogP contribution in [0.25, 0.3) is 0 Å². The van der Waals surface area contributed by atoms with Crippen LogP contribution < -0.4 is 16.4 Å². The summed E-state index contributed by atoms with van der Waals surface area (Å²) in [6.07, 6.45) is 4.10. The molecule has 4 N–H and O–H groups in total. The number of guanidine groups is 1. The normalized spacial score (nSPS) is 16.8. The van der Waals surface area contributed by atoms with E-state index < -0.39 is 5.91 Å². The molecule has 1 aliphatic rings. The number of amides is 1. The summed E-state index contributed by atoms with van der Waals surface area (Å²) in [5.74, 6) is 0.966. The number of rotatable bonds is 7. The Morgan fingerprint density at radius 1 is 1.50 bits per heavy atom. The van der Waals surface area contributed by atoms with Crippen LogP contribution in [0.2, 0.25) is 0 Å². The van der Waals surface area contributed by atoms with E-state index in [0.717, 1.165) is 45.0 Å². The number of carbonyl (C=O) groups is 1. The summed E-state index contributed by atoms with van der Waals surface area (Å²) in [4.78, 5) is 18.0. The summed E-state index contributed by atoms with van der Waals surface area (Å²) in [5.41, 5.74) is 5.18. The van der Waals surface area contributed by atoms with Gasteiger partial charge < -0.3 is 20.8 Å². The molecular weight excluding hydrogens is 306 g/mol. The molecule has 1 aromatic heterocycles. The van der Waals surface area contributed by atoms with Crippen LogP contribution in [0.1, 0.15) is 36.1 Å². The van der Waals surface area contributed by atoms with E-state index in [1.54, 1.807) is 12.1 Å². The van der Waals surface area contributed by atoms with E-state index in [9.17, 15) is 4.79 Å². The lowest BCUT2D eigenvalue weighted by Gasteiger charge is -2.32. The number of nitrogens with one attached hydrogen (secondary N) is 2. The zero-order valence-electron chi connectivity index (χ0n) is 14.3. The van der Waals surface area contributed by atoms with Crippen molar-refractivity contribution in [1.29, 1.82) is 0 Å². The van der Waals surface area contributed by atoms with Gasteiger partial charge in [0.25, 0.3) is 5.91 Å². The van der Waals surface area contributed by atoms with Gasteiger partial charge in [0, 0.05) is 32.2 Å². The number of hydrogen-bond acceptors (Lipinski definition) is 4. The Morgan fingerprint density at radius 2 is 2.25 bits per heavy atom. The fourth-order valence-corrected chi connectivity index (χ4v) is 2.71. The van der Waals surface area contributed by atoms with E-state index in [2.05, 4.69) is 27.1 Å². The lowest BCUT2D eigenvalue weighted by Crippen LogP contribution is -2.48. The number of nitrogens with zero attached hydrogens (tertiary/aromatic N) is 2. The molecule has 7 heteroatoms. The van der Waals surface area contributed by atoms with Gasteiger partial charge in [0.1, 0.15) is 12.3 Å². The molecule has 0 spiro atoms. The van der Waals surface area contributed by atoms with Crippen molar-refractivity contribution in [2.75, 3.05) is 26.2 Å². The van der Waals surface area contributed by atoms with Crippen LogP contribution in [0.5, 0.6) is 0 Å². The Hall–Kier alpha value is -2.28. The molecule has 1 aliphatic heterocycles. The Bertz CT molecular complexity index is 573. The first-order valence-electron chi connectivity index (χ1n) is 8.39. The molecule has 24 heavy (non-hydrogen) atoms. The van der Waals surface area contributed by atoms with Gasteiger partial charge in [-0.25, -0.2) is 4.99 Å². The molecule has 132 valence electrons. The number of furan rings is 1. The highest BCUT2D eigenvalue weighted by Crippen LogP contribution is 2.11. The first kappa shape index (κ1) is 18.1. The number of piperidine rings is 1. The minimum atomic E-state index is -0.568. The Balaban J connectivity index is 1.88. The number of primary amides is 1. The molecule has 0 saturated carbocycles. The summed E-state index contributed by atoms with van der Waals surface area (Å²) in [6, 6.07) is 3.70. The smallest absolute Gasteiger partial charge is 0.284 e. The predicted molar refractivity (Wildman–Crippen MR) is 94.8 cm³/mol. The Kier molecular flexibility index (Phi) is 6.87. The largest absolute Gasteiger partial charge is 0.454 e. The molecule has 0 atom stereocenters. The summed E-state index contributed by atoms with van der Waals surface area (Å²) >= 11 is 0. The average Bonchev–Trinajstić information content (AvgIpc) is 3.04. The fraction of sp³-hybridized carbons (Fsp3) is 0.529. The van der Waals surface area contributed by atoms with Crippen LogP contribution in [0.3, 0.4) is 0 Å². The topological polar surface area (TPSA) is 95.9 Å². The highest BCUT2D eigenvalue weighted by Gasteiger charge is 2.19. The first-order valence-corrected chi connectivity index (χ1v) is 8.39. The molecule has 1 amide bonds. The Morgan fingerprint density at radius 3 is 2.83 bits per heavy atom. The maximum atomic E-state index is 11.0. The average molecular weight is 333 g/mol. The fourth-order valence-electron chi connectivity index (χ4n) is 2.71. The third kappa shape index (κ3) is 5.42. The second kappa shape index (κ2) is 9.12. The van der Waals surface area contributed by atoms with E-state index in [0.29, 0.717) is 18.3 Å². The van der Waals surface area contributed by atoms with E-state index in [4.69, 9.17) is 10.2 Å². The minimum absolute atomic E-state index is 0.160. The van der Waals surface area contributed by atoms with Crippen molar-refractivity contribution in [3.8, 4) is 0 Å². The maximum absolute atomic E-state index is 11.0. The predicted octanol–water partition coefficient (Wildman–Crippen LogP) is 1.08. The van der Waals surface area contributed by atoms with Crippen molar-refractivity contribution >= 4 is 11.9 Å². The van der Waals surface area contributed by atoms with Crippen LogP contribution in [-0.4, -0.2) is 49.0 Å². The molecule has 0 aromatic carbocycles. The molecule has 7 nitrogen and oxygen atoms in total. The SMILES string of the molecule is C=CCN1CCC(NC(=NCc2ccc(C(N)=O)o2)NCC)CC1. The number of nitrogens with two attached hydrogens (primary N) is 1. The molecule has 2 heterocycles. The van der Waals surface area contributed by atoms with Gasteiger partial charge in [0.15, 0.2) is 11.7 Å². The van der Waals surface area contributed by atoms with E-state index in [-0.39, 0.29) is 5.76 Å². The van der Waals surface area contributed by atoms with Crippen molar-refractivity contribution in [2.45, 2.75) is 32.4 Å². The van der Waals surface area contributed by atoms with Crippen LogP contribution in [0.4, 0.5) is 0 Å². The van der Waals surface area contributed by atoms with Crippen LogP contribution >= 0.6 is 0 Å². The van der Waals surface area contributed by atoms with Gasteiger partial charge in [-0.15, -0.1) is 6.58 Å². The third-order valence-electron chi connectivity index (χ3n) is 3.96. The molecular formula is C17H27N5O2. The van der Waals surface area contributed by atoms with Crippen molar-refractivity contribution in [2.24, 2.45) is 10.7 Å². The molecule has 0 aliphatic carbocycles. The summed E-state index contributed by atoms with van der Waals surface area (Å²) in [5, 5.41) is 6.71. The highest BCUT2D eigenvalue weighted by atomic mass is 16.3. The van der Waals surface area contributed by atoms with Crippen molar-refractivity contribution in [1.82, 2.24) is 15.5 Å². The highest BCUT2D eigenvalue weighted by molar-refractivity contribution is 5.89. The van der Waals surface area contributed by atoms with Gasteiger partial charge in [-0.3, -0.25) is 9.69 Å².